The van der Waals surface area contributed by atoms with Crippen LogP contribution >= 0.6 is 0 Å². The average Bonchev–Trinajstić information content (AvgIpc) is 2.63. The monoisotopic (exact) mass is 345 g/mol. The van der Waals surface area contributed by atoms with E-state index in [-0.39, 0.29) is 11.9 Å². The van der Waals surface area contributed by atoms with Crippen LogP contribution in [0.15, 0.2) is 30.5 Å². The van der Waals surface area contributed by atoms with Gasteiger partial charge in [-0.15, -0.1) is 0 Å². The van der Waals surface area contributed by atoms with Crippen LogP contribution in [0.5, 0.6) is 17.6 Å². The van der Waals surface area contributed by atoms with E-state index in [9.17, 15) is 4.79 Å². The third kappa shape index (κ3) is 5.63. The minimum atomic E-state index is -0.135. The molecule has 0 radical (unpaired) electrons. The molecule has 0 atom stereocenters. The van der Waals surface area contributed by atoms with E-state index in [1.54, 1.807) is 7.11 Å². The highest BCUT2D eigenvalue weighted by atomic mass is 16.5. The average molecular weight is 345 g/mol. The molecule has 2 aromatic rings. The summed E-state index contributed by atoms with van der Waals surface area (Å²) < 4.78 is 15.8. The topological polar surface area (TPSA) is 82.6 Å². The SMILES string of the molecule is CCOc1ncc(NC(=O)CCc2ccc(OC)cc2)c(OCC)n1. The summed E-state index contributed by atoms with van der Waals surface area (Å²) in [5.41, 5.74) is 1.49. The fourth-order valence-electron chi connectivity index (χ4n) is 2.14. The van der Waals surface area contributed by atoms with Crippen LogP contribution in [0.4, 0.5) is 5.69 Å². The van der Waals surface area contributed by atoms with Crippen molar-refractivity contribution in [1.29, 1.82) is 0 Å². The number of amides is 1. The minimum absolute atomic E-state index is 0.135. The number of benzene rings is 1. The number of hydrogen-bond donors (Lipinski definition) is 1. The number of methoxy groups -OCH3 is 1. The van der Waals surface area contributed by atoms with Gasteiger partial charge in [-0.1, -0.05) is 12.1 Å². The number of anilines is 1. The van der Waals surface area contributed by atoms with E-state index >= 15 is 0 Å². The van der Waals surface area contributed by atoms with Gasteiger partial charge in [0, 0.05) is 6.42 Å². The molecular formula is C18H23N3O4. The molecule has 0 aliphatic heterocycles. The number of nitrogens with zero attached hydrogens (tertiary/aromatic N) is 2. The summed E-state index contributed by atoms with van der Waals surface area (Å²) in [5.74, 6) is 0.962. The van der Waals surface area contributed by atoms with Crippen molar-refractivity contribution in [2.24, 2.45) is 0 Å². The quantitative estimate of drug-likeness (QED) is 0.752. The third-order valence-electron chi connectivity index (χ3n) is 3.36. The van der Waals surface area contributed by atoms with E-state index in [1.165, 1.54) is 6.20 Å². The Balaban J connectivity index is 1.96. The van der Waals surface area contributed by atoms with E-state index in [0.29, 0.717) is 37.6 Å². The molecule has 1 aromatic heterocycles. The summed E-state index contributed by atoms with van der Waals surface area (Å²) in [6, 6.07) is 7.86. The molecule has 0 fully saturated rings. The lowest BCUT2D eigenvalue weighted by atomic mass is 10.1. The highest BCUT2D eigenvalue weighted by molar-refractivity contribution is 5.91. The van der Waals surface area contributed by atoms with Crippen LogP contribution in [-0.4, -0.2) is 36.2 Å². The molecule has 0 spiro atoms. The van der Waals surface area contributed by atoms with Gasteiger partial charge in [-0.2, -0.15) is 4.98 Å². The fourth-order valence-corrected chi connectivity index (χ4v) is 2.14. The Morgan fingerprint density at radius 3 is 2.48 bits per heavy atom. The Bertz CT molecular complexity index is 689. The molecule has 0 aliphatic carbocycles. The molecule has 0 aliphatic rings. The first-order chi connectivity index (χ1) is 12.2. The van der Waals surface area contributed by atoms with Gasteiger partial charge < -0.3 is 19.5 Å². The molecule has 1 heterocycles. The maximum Gasteiger partial charge on any atom is 0.319 e. The van der Waals surface area contributed by atoms with Crippen LogP contribution in [0, 0.1) is 0 Å². The fraction of sp³-hybridized carbons (Fsp3) is 0.389. The maximum absolute atomic E-state index is 12.2. The van der Waals surface area contributed by atoms with Gasteiger partial charge >= 0.3 is 6.01 Å². The Hall–Kier alpha value is -2.83. The van der Waals surface area contributed by atoms with E-state index < -0.39 is 0 Å². The van der Waals surface area contributed by atoms with Gasteiger partial charge in [0.15, 0.2) is 0 Å². The number of ether oxygens (including phenoxy) is 3. The maximum atomic E-state index is 12.2. The van der Waals surface area contributed by atoms with Crippen molar-refractivity contribution in [3.05, 3.63) is 36.0 Å². The first-order valence-electron chi connectivity index (χ1n) is 8.21. The molecule has 7 nitrogen and oxygen atoms in total. The van der Waals surface area contributed by atoms with E-state index in [4.69, 9.17) is 14.2 Å². The second kappa shape index (κ2) is 9.46. The Labute approximate surface area is 147 Å². The molecule has 0 unspecified atom stereocenters. The van der Waals surface area contributed by atoms with Crippen LogP contribution in [0.25, 0.3) is 0 Å². The van der Waals surface area contributed by atoms with Gasteiger partial charge in [-0.3, -0.25) is 4.79 Å². The number of nitrogens with one attached hydrogen (secondary N) is 1. The summed E-state index contributed by atoms with van der Waals surface area (Å²) in [5, 5.41) is 2.79. The number of carbonyl (C=O) groups excluding carboxylic acids is 1. The van der Waals surface area contributed by atoms with Crippen molar-refractivity contribution in [2.75, 3.05) is 25.6 Å². The normalized spacial score (nSPS) is 10.2. The van der Waals surface area contributed by atoms with Crippen LogP contribution < -0.4 is 19.5 Å². The number of aromatic nitrogens is 2. The molecule has 134 valence electrons. The molecule has 0 bridgehead atoms. The van der Waals surface area contributed by atoms with E-state index in [1.807, 2.05) is 38.1 Å². The summed E-state index contributed by atoms with van der Waals surface area (Å²) in [4.78, 5) is 20.4. The predicted molar refractivity (Wildman–Crippen MR) is 94.3 cm³/mol. The van der Waals surface area contributed by atoms with Gasteiger partial charge in [-0.05, 0) is 38.0 Å². The zero-order valence-electron chi connectivity index (χ0n) is 14.7. The van der Waals surface area contributed by atoms with Crippen molar-refractivity contribution in [3.63, 3.8) is 0 Å². The molecule has 1 amide bonds. The van der Waals surface area contributed by atoms with Crippen LogP contribution in [0.2, 0.25) is 0 Å². The molecular weight excluding hydrogens is 322 g/mol. The lowest BCUT2D eigenvalue weighted by Gasteiger charge is -2.11. The Kier molecular flexibility index (Phi) is 7.00. The largest absolute Gasteiger partial charge is 0.497 e. The van der Waals surface area contributed by atoms with Gasteiger partial charge in [-0.25, -0.2) is 4.98 Å². The van der Waals surface area contributed by atoms with Crippen molar-refractivity contribution >= 4 is 11.6 Å². The third-order valence-corrected chi connectivity index (χ3v) is 3.36. The molecule has 0 saturated carbocycles. The van der Waals surface area contributed by atoms with Gasteiger partial charge in [0.1, 0.15) is 11.4 Å². The number of hydrogen-bond acceptors (Lipinski definition) is 6. The molecule has 1 N–H and O–H groups in total. The van der Waals surface area contributed by atoms with Gasteiger partial charge in [0.25, 0.3) is 0 Å². The molecule has 25 heavy (non-hydrogen) atoms. The lowest BCUT2D eigenvalue weighted by molar-refractivity contribution is -0.116. The Morgan fingerprint density at radius 2 is 1.84 bits per heavy atom. The van der Waals surface area contributed by atoms with Crippen LogP contribution in [0.1, 0.15) is 25.8 Å². The molecule has 0 saturated heterocycles. The highest BCUT2D eigenvalue weighted by Gasteiger charge is 2.12. The summed E-state index contributed by atoms with van der Waals surface area (Å²) in [6.07, 6.45) is 2.46. The van der Waals surface area contributed by atoms with E-state index in [2.05, 4.69) is 15.3 Å². The van der Waals surface area contributed by atoms with Gasteiger partial charge in [0.05, 0.1) is 26.5 Å². The van der Waals surface area contributed by atoms with Gasteiger partial charge in [0.2, 0.25) is 11.8 Å². The first-order valence-corrected chi connectivity index (χ1v) is 8.21. The van der Waals surface area contributed by atoms with Crippen molar-refractivity contribution < 1.29 is 19.0 Å². The first kappa shape index (κ1) is 18.5. The van der Waals surface area contributed by atoms with Crippen molar-refractivity contribution in [3.8, 4) is 17.6 Å². The number of rotatable bonds is 9. The Morgan fingerprint density at radius 1 is 1.12 bits per heavy atom. The molecule has 7 heteroatoms. The number of aryl methyl sites for hydroxylation is 1. The molecule has 2 rings (SSSR count). The summed E-state index contributed by atoms with van der Waals surface area (Å²) in [7, 11) is 1.62. The van der Waals surface area contributed by atoms with Crippen LogP contribution in [-0.2, 0) is 11.2 Å². The van der Waals surface area contributed by atoms with Crippen molar-refractivity contribution in [2.45, 2.75) is 26.7 Å². The predicted octanol–water partition coefficient (Wildman–Crippen LogP) is 2.85. The second-order valence-corrected chi connectivity index (χ2v) is 5.13. The standard InChI is InChI=1S/C18H23N3O4/c1-4-24-17-15(12-19-18(21-17)25-5-2)20-16(22)11-8-13-6-9-14(23-3)10-7-13/h6-7,9-10,12H,4-5,8,11H2,1-3H3,(H,20,22). The highest BCUT2D eigenvalue weighted by Crippen LogP contribution is 2.23. The van der Waals surface area contributed by atoms with E-state index in [0.717, 1.165) is 11.3 Å². The number of carbonyl (C=O) groups is 1. The smallest absolute Gasteiger partial charge is 0.319 e. The zero-order valence-corrected chi connectivity index (χ0v) is 14.7. The van der Waals surface area contributed by atoms with Crippen molar-refractivity contribution in [1.82, 2.24) is 9.97 Å². The summed E-state index contributed by atoms with van der Waals surface area (Å²) >= 11 is 0. The summed E-state index contributed by atoms with van der Waals surface area (Å²) in [6.45, 7) is 4.58. The lowest BCUT2D eigenvalue weighted by Crippen LogP contribution is -2.14. The molecule has 1 aromatic carbocycles. The minimum Gasteiger partial charge on any atom is -0.497 e. The van der Waals surface area contributed by atoms with Crippen LogP contribution in [0.3, 0.4) is 0 Å². The zero-order chi connectivity index (χ0) is 18.1. The second-order valence-electron chi connectivity index (χ2n) is 5.13.